The van der Waals surface area contributed by atoms with Crippen LogP contribution < -0.4 is 5.14 Å². The highest BCUT2D eigenvalue weighted by Crippen LogP contribution is 2.22. The molecule has 0 aliphatic carbocycles. The number of hydrogen-bond donors (Lipinski definition) is 2. The summed E-state index contributed by atoms with van der Waals surface area (Å²) in [4.78, 5) is 4.09. The Morgan fingerprint density at radius 1 is 1.50 bits per heavy atom. The number of pyridine rings is 1. The van der Waals surface area contributed by atoms with E-state index < -0.39 is 21.4 Å². The fourth-order valence-corrected chi connectivity index (χ4v) is 1.87. The number of aliphatic hydroxyl groups is 1. The molecule has 0 bridgehead atoms. The van der Waals surface area contributed by atoms with Gasteiger partial charge < -0.3 is 5.11 Å². The minimum absolute atomic E-state index is 0.294. The summed E-state index contributed by atoms with van der Waals surface area (Å²) in [6, 6.07) is 3.26. The third kappa shape index (κ3) is 3.00. The Morgan fingerprint density at radius 3 is 2.50 bits per heavy atom. The van der Waals surface area contributed by atoms with Crippen LogP contribution in [-0.4, -0.2) is 23.8 Å². The van der Waals surface area contributed by atoms with Crippen LogP contribution in [0.3, 0.4) is 0 Å². The predicted molar refractivity (Wildman–Crippen MR) is 64.2 cm³/mol. The summed E-state index contributed by atoms with van der Waals surface area (Å²) in [6.07, 6.45) is -1.22. The van der Waals surface area contributed by atoms with E-state index >= 15 is 0 Å². The average molecular weight is 309 g/mol. The van der Waals surface area contributed by atoms with Gasteiger partial charge in [-0.3, -0.25) is 4.98 Å². The van der Waals surface area contributed by atoms with E-state index in [1.54, 1.807) is 19.1 Å². The standard InChI is InChI=1S/C9H13BrN2O3S/c1-5-7(10)3-4-8(12-5)9(13)6(2)16(11,14)15/h3-4,6,9,13H,1-2H3,(H2,11,14,15)/t6-,9+/m0/s1. The van der Waals surface area contributed by atoms with Gasteiger partial charge in [0, 0.05) is 4.47 Å². The molecule has 5 nitrogen and oxygen atoms in total. The summed E-state index contributed by atoms with van der Waals surface area (Å²) in [5.74, 6) is 0. The number of nitrogens with zero attached hydrogens (tertiary/aromatic N) is 1. The number of sulfonamides is 1. The van der Waals surface area contributed by atoms with Gasteiger partial charge in [-0.15, -0.1) is 0 Å². The number of aliphatic hydroxyl groups excluding tert-OH is 1. The monoisotopic (exact) mass is 308 g/mol. The average Bonchev–Trinajstić information content (AvgIpc) is 2.18. The van der Waals surface area contributed by atoms with Crippen molar-refractivity contribution in [3.63, 3.8) is 0 Å². The summed E-state index contributed by atoms with van der Waals surface area (Å²) in [5.41, 5.74) is 0.973. The molecule has 1 aromatic rings. The first-order valence-corrected chi connectivity index (χ1v) is 6.96. The highest BCUT2D eigenvalue weighted by molar-refractivity contribution is 9.10. The molecule has 0 saturated heterocycles. The second kappa shape index (κ2) is 4.79. The van der Waals surface area contributed by atoms with Crippen LogP contribution in [0.15, 0.2) is 16.6 Å². The number of nitrogens with two attached hydrogens (primary N) is 1. The lowest BCUT2D eigenvalue weighted by Crippen LogP contribution is -2.31. The van der Waals surface area contributed by atoms with E-state index in [0.717, 1.165) is 4.47 Å². The van der Waals surface area contributed by atoms with Gasteiger partial charge in [-0.25, -0.2) is 13.6 Å². The van der Waals surface area contributed by atoms with E-state index in [-0.39, 0.29) is 0 Å². The van der Waals surface area contributed by atoms with Crippen molar-refractivity contribution in [3.8, 4) is 0 Å². The molecule has 1 aromatic heterocycles. The number of aryl methyl sites for hydroxylation is 1. The quantitative estimate of drug-likeness (QED) is 0.866. The molecule has 3 N–H and O–H groups in total. The predicted octanol–water partition coefficient (Wildman–Crippen LogP) is 0.863. The normalized spacial score (nSPS) is 15.8. The van der Waals surface area contributed by atoms with E-state index in [4.69, 9.17) is 5.14 Å². The lowest BCUT2D eigenvalue weighted by Gasteiger charge is -2.16. The van der Waals surface area contributed by atoms with Crippen LogP contribution in [-0.2, 0) is 10.0 Å². The van der Waals surface area contributed by atoms with Crippen LogP contribution in [0.1, 0.15) is 24.4 Å². The Morgan fingerprint density at radius 2 is 2.06 bits per heavy atom. The highest BCUT2D eigenvalue weighted by Gasteiger charge is 2.27. The molecule has 1 heterocycles. The molecule has 2 atom stereocenters. The van der Waals surface area contributed by atoms with Gasteiger partial charge in [0.05, 0.1) is 11.4 Å². The van der Waals surface area contributed by atoms with Gasteiger partial charge in [-0.2, -0.15) is 0 Å². The Balaban J connectivity index is 3.06. The van der Waals surface area contributed by atoms with E-state index in [9.17, 15) is 13.5 Å². The largest absolute Gasteiger partial charge is 0.385 e. The van der Waals surface area contributed by atoms with Crippen molar-refractivity contribution in [1.82, 2.24) is 4.98 Å². The van der Waals surface area contributed by atoms with Crippen molar-refractivity contribution in [2.75, 3.05) is 0 Å². The maximum absolute atomic E-state index is 11.1. The van der Waals surface area contributed by atoms with E-state index in [1.165, 1.54) is 6.92 Å². The number of halogens is 1. The first kappa shape index (κ1) is 13.6. The third-order valence-corrected chi connectivity index (χ3v) is 4.44. The van der Waals surface area contributed by atoms with Crippen molar-refractivity contribution < 1.29 is 13.5 Å². The molecule has 0 radical (unpaired) electrons. The minimum Gasteiger partial charge on any atom is -0.385 e. The molecular formula is C9H13BrN2O3S. The maximum atomic E-state index is 11.1. The SMILES string of the molecule is Cc1nc([C@H](O)[C@H](C)S(N)(=O)=O)ccc1Br. The molecular weight excluding hydrogens is 296 g/mol. The summed E-state index contributed by atoms with van der Waals surface area (Å²) in [5, 5.41) is 13.7. The van der Waals surface area contributed by atoms with Crippen molar-refractivity contribution in [2.24, 2.45) is 5.14 Å². The Hall–Kier alpha value is -0.500. The van der Waals surface area contributed by atoms with E-state index in [0.29, 0.717) is 11.4 Å². The zero-order valence-electron chi connectivity index (χ0n) is 8.88. The fraction of sp³-hybridized carbons (Fsp3) is 0.444. The Labute approximate surface area is 103 Å². The first-order chi connectivity index (χ1) is 7.23. The van der Waals surface area contributed by atoms with Crippen LogP contribution >= 0.6 is 15.9 Å². The number of hydrogen-bond acceptors (Lipinski definition) is 4. The smallest absolute Gasteiger partial charge is 0.214 e. The highest BCUT2D eigenvalue weighted by atomic mass is 79.9. The summed E-state index contributed by atoms with van der Waals surface area (Å²) in [7, 11) is -3.77. The minimum atomic E-state index is -3.77. The molecule has 0 spiro atoms. The third-order valence-electron chi connectivity index (χ3n) is 2.31. The Bertz CT molecular complexity index is 490. The molecule has 0 amide bonds. The van der Waals surface area contributed by atoms with Crippen molar-refractivity contribution in [3.05, 3.63) is 28.0 Å². The van der Waals surface area contributed by atoms with Crippen LogP contribution in [0, 0.1) is 6.92 Å². The van der Waals surface area contributed by atoms with E-state index in [2.05, 4.69) is 20.9 Å². The topological polar surface area (TPSA) is 93.3 Å². The van der Waals surface area contributed by atoms with Gasteiger partial charge in [0.25, 0.3) is 0 Å². The van der Waals surface area contributed by atoms with Gasteiger partial charge in [0.15, 0.2) is 0 Å². The summed E-state index contributed by atoms with van der Waals surface area (Å²) in [6.45, 7) is 3.10. The molecule has 90 valence electrons. The molecule has 7 heteroatoms. The maximum Gasteiger partial charge on any atom is 0.214 e. The van der Waals surface area contributed by atoms with Crippen LogP contribution in [0.25, 0.3) is 0 Å². The van der Waals surface area contributed by atoms with Crippen molar-refractivity contribution >= 4 is 26.0 Å². The number of primary sulfonamides is 1. The zero-order chi connectivity index (χ0) is 12.5. The second-order valence-corrected chi connectivity index (χ2v) is 6.32. The van der Waals surface area contributed by atoms with Gasteiger partial charge in [0.2, 0.25) is 10.0 Å². The first-order valence-electron chi connectivity index (χ1n) is 4.56. The van der Waals surface area contributed by atoms with Crippen LogP contribution in [0.4, 0.5) is 0 Å². The van der Waals surface area contributed by atoms with Crippen LogP contribution in [0.5, 0.6) is 0 Å². The molecule has 16 heavy (non-hydrogen) atoms. The molecule has 0 saturated carbocycles. The number of aromatic nitrogens is 1. The van der Waals surface area contributed by atoms with Crippen LogP contribution in [0.2, 0.25) is 0 Å². The molecule has 0 aromatic carbocycles. The number of rotatable bonds is 3. The lowest BCUT2D eigenvalue weighted by molar-refractivity contribution is 0.171. The summed E-state index contributed by atoms with van der Waals surface area (Å²) >= 11 is 3.27. The van der Waals surface area contributed by atoms with Gasteiger partial charge in [-0.05, 0) is 41.9 Å². The van der Waals surface area contributed by atoms with Gasteiger partial charge in [-0.1, -0.05) is 0 Å². The molecule has 0 fully saturated rings. The molecule has 0 aliphatic heterocycles. The molecule has 0 aliphatic rings. The molecule has 0 unspecified atom stereocenters. The van der Waals surface area contributed by atoms with Crippen molar-refractivity contribution in [1.29, 1.82) is 0 Å². The van der Waals surface area contributed by atoms with E-state index in [1.807, 2.05) is 0 Å². The van der Waals surface area contributed by atoms with Gasteiger partial charge >= 0.3 is 0 Å². The summed E-state index contributed by atoms with van der Waals surface area (Å²) < 4.78 is 23.0. The lowest BCUT2D eigenvalue weighted by atomic mass is 10.1. The second-order valence-electron chi connectivity index (χ2n) is 3.54. The Kier molecular flexibility index (Phi) is 4.06. The molecule has 1 rings (SSSR count). The fourth-order valence-electron chi connectivity index (χ4n) is 1.15. The zero-order valence-corrected chi connectivity index (χ0v) is 11.3. The van der Waals surface area contributed by atoms with Crippen molar-refractivity contribution in [2.45, 2.75) is 25.2 Å². The van der Waals surface area contributed by atoms with Gasteiger partial charge in [0.1, 0.15) is 11.4 Å².